The van der Waals surface area contributed by atoms with Crippen LogP contribution in [-0.4, -0.2) is 22.2 Å². The fourth-order valence-electron chi connectivity index (χ4n) is 2.43. The van der Waals surface area contributed by atoms with Crippen molar-refractivity contribution >= 4 is 40.1 Å². The second kappa shape index (κ2) is 7.64. The van der Waals surface area contributed by atoms with Crippen LogP contribution >= 0.6 is 11.8 Å². The third-order valence-corrected chi connectivity index (χ3v) is 4.59. The smallest absolute Gasteiger partial charge is 0.247 e. The van der Waals surface area contributed by atoms with Crippen molar-refractivity contribution < 1.29 is 9.59 Å². The van der Waals surface area contributed by atoms with Gasteiger partial charge in [-0.15, -0.1) is 0 Å². The van der Waals surface area contributed by atoms with Gasteiger partial charge in [0.2, 0.25) is 11.8 Å². The molecular formula is C18H14N4O2S. The first-order chi connectivity index (χ1) is 12.2. The van der Waals surface area contributed by atoms with Crippen LogP contribution in [-0.2, 0) is 9.59 Å². The Balaban J connectivity index is 1.80. The average molecular weight is 350 g/mol. The van der Waals surface area contributed by atoms with E-state index in [9.17, 15) is 9.59 Å². The molecule has 1 N–H and O–H groups in total. The summed E-state index contributed by atoms with van der Waals surface area (Å²) in [5, 5.41) is 11.1. The topological polar surface area (TPSA) is 85.6 Å². The molecule has 0 aliphatic carbocycles. The number of amides is 2. The predicted octanol–water partition coefficient (Wildman–Crippen LogP) is 2.81. The van der Waals surface area contributed by atoms with E-state index in [1.807, 2.05) is 30.5 Å². The number of aliphatic imine (C=N–C) groups is 1. The summed E-state index contributed by atoms with van der Waals surface area (Å²) in [7, 11) is 0. The van der Waals surface area contributed by atoms with Crippen LogP contribution in [0.4, 0.5) is 11.4 Å². The molecule has 0 spiro atoms. The lowest BCUT2D eigenvalue weighted by atomic mass is 10.3. The molecule has 1 fully saturated rings. The number of hydrogen-bond donors (Lipinski definition) is 1. The minimum atomic E-state index is -0.615. The maximum atomic E-state index is 12.6. The summed E-state index contributed by atoms with van der Waals surface area (Å²) < 4.78 is 0. The van der Waals surface area contributed by atoms with E-state index in [1.165, 1.54) is 4.90 Å². The molecule has 1 aliphatic rings. The minimum absolute atomic E-state index is 0.0688. The van der Waals surface area contributed by atoms with E-state index >= 15 is 0 Å². The fourth-order valence-corrected chi connectivity index (χ4v) is 3.39. The molecular weight excluding hydrogens is 336 g/mol. The van der Waals surface area contributed by atoms with E-state index in [0.29, 0.717) is 11.4 Å². The number of nitrogens with one attached hydrogen (secondary N) is 1. The highest BCUT2D eigenvalue weighted by Crippen LogP contribution is 2.30. The zero-order valence-electron chi connectivity index (χ0n) is 13.1. The Morgan fingerprint density at radius 1 is 1.12 bits per heavy atom. The normalized spacial score (nSPS) is 17.5. The highest BCUT2D eigenvalue weighted by Gasteiger charge is 2.40. The van der Waals surface area contributed by atoms with E-state index in [-0.39, 0.29) is 23.4 Å². The van der Waals surface area contributed by atoms with Crippen molar-refractivity contribution in [2.24, 2.45) is 4.99 Å². The molecule has 25 heavy (non-hydrogen) atoms. The van der Waals surface area contributed by atoms with Crippen LogP contribution in [0.2, 0.25) is 0 Å². The number of benzene rings is 2. The van der Waals surface area contributed by atoms with Gasteiger partial charge in [0.15, 0.2) is 11.4 Å². The molecule has 7 heteroatoms. The molecule has 2 aromatic carbocycles. The molecule has 3 rings (SSSR count). The average Bonchev–Trinajstić information content (AvgIpc) is 2.90. The lowest BCUT2D eigenvalue weighted by molar-refractivity contribution is -0.121. The fraction of sp³-hybridized carbons (Fsp3) is 0.111. The Labute approximate surface area is 149 Å². The van der Waals surface area contributed by atoms with Crippen molar-refractivity contribution in [1.29, 1.82) is 5.26 Å². The van der Waals surface area contributed by atoms with E-state index < -0.39 is 5.25 Å². The van der Waals surface area contributed by atoms with Gasteiger partial charge >= 0.3 is 0 Å². The molecule has 1 atom stereocenters. The molecule has 1 heterocycles. The summed E-state index contributed by atoms with van der Waals surface area (Å²) in [5.41, 5.74) is 1.21. The summed E-state index contributed by atoms with van der Waals surface area (Å²) in [5.74, 6) is -0.563. The SMILES string of the molecule is N#CNC(=Nc1ccccc1)S[C@@H]1CC(=O)N(c2ccccc2)C1=O. The standard InChI is InChI=1S/C18H14N4O2S/c19-12-20-18(21-13-7-3-1-4-8-13)25-15-11-16(23)22(17(15)24)14-9-5-2-6-10-14/h1-10,15H,11H2,(H,20,21)/t15-/m1/s1. The maximum absolute atomic E-state index is 12.6. The van der Waals surface area contributed by atoms with Gasteiger partial charge in [0.05, 0.1) is 11.4 Å². The number of para-hydroxylation sites is 2. The number of hydrogen-bond acceptors (Lipinski definition) is 5. The second-order valence-corrected chi connectivity index (χ2v) is 6.39. The van der Waals surface area contributed by atoms with E-state index in [4.69, 9.17) is 5.26 Å². The summed E-state index contributed by atoms with van der Waals surface area (Å²) in [4.78, 5) is 30.4. The van der Waals surface area contributed by atoms with Crippen LogP contribution in [0.15, 0.2) is 65.7 Å². The minimum Gasteiger partial charge on any atom is -0.274 e. The van der Waals surface area contributed by atoms with Crippen LogP contribution in [0.1, 0.15) is 6.42 Å². The molecule has 0 unspecified atom stereocenters. The Morgan fingerprint density at radius 2 is 1.76 bits per heavy atom. The van der Waals surface area contributed by atoms with E-state index in [1.54, 1.807) is 36.4 Å². The zero-order valence-corrected chi connectivity index (χ0v) is 13.9. The van der Waals surface area contributed by atoms with Gasteiger partial charge in [-0.3, -0.25) is 14.9 Å². The van der Waals surface area contributed by atoms with Gasteiger partial charge in [-0.25, -0.2) is 9.89 Å². The molecule has 124 valence electrons. The molecule has 0 saturated carbocycles. The lowest BCUT2D eigenvalue weighted by Crippen LogP contribution is -2.32. The molecule has 0 radical (unpaired) electrons. The van der Waals surface area contributed by atoms with Gasteiger partial charge in [-0.1, -0.05) is 48.2 Å². The summed E-state index contributed by atoms with van der Waals surface area (Å²) in [6.45, 7) is 0. The lowest BCUT2D eigenvalue weighted by Gasteiger charge is -2.14. The van der Waals surface area contributed by atoms with E-state index in [2.05, 4.69) is 10.3 Å². The number of thioether (sulfide) groups is 1. The van der Waals surface area contributed by atoms with Crippen molar-refractivity contribution in [2.45, 2.75) is 11.7 Å². The highest BCUT2D eigenvalue weighted by molar-refractivity contribution is 8.15. The van der Waals surface area contributed by atoms with Crippen LogP contribution in [0.3, 0.4) is 0 Å². The molecule has 6 nitrogen and oxygen atoms in total. The first-order valence-corrected chi connectivity index (χ1v) is 8.44. The van der Waals surface area contributed by atoms with Crippen molar-refractivity contribution in [3.8, 4) is 6.19 Å². The Bertz CT molecular complexity index is 846. The van der Waals surface area contributed by atoms with Crippen LogP contribution in [0.25, 0.3) is 0 Å². The highest BCUT2D eigenvalue weighted by atomic mass is 32.2. The van der Waals surface area contributed by atoms with Crippen molar-refractivity contribution in [1.82, 2.24) is 5.32 Å². The van der Waals surface area contributed by atoms with Gasteiger partial charge in [-0.05, 0) is 24.3 Å². The molecule has 2 aromatic rings. The second-order valence-electron chi connectivity index (χ2n) is 5.20. The summed E-state index contributed by atoms with van der Waals surface area (Å²) in [6.07, 6.45) is 1.89. The number of nitriles is 1. The number of anilines is 1. The zero-order chi connectivity index (χ0) is 17.6. The van der Waals surface area contributed by atoms with Gasteiger partial charge in [0.25, 0.3) is 0 Å². The molecule has 0 bridgehead atoms. The van der Waals surface area contributed by atoms with Crippen LogP contribution in [0.5, 0.6) is 0 Å². The molecule has 1 aliphatic heterocycles. The van der Waals surface area contributed by atoms with Gasteiger partial charge in [0.1, 0.15) is 5.25 Å². The van der Waals surface area contributed by atoms with E-state index in [0.717, 1.165) is 11.8 Å². The van der Waals surface area contributed by atoms with Crippen LogP contribution < -0.4 is 10.2 Å². The van der Waals surface area contributed by atoms with Crippen molar-refractivity contribution in [3.05, 3.63) is 60.7 Å². The third kappa shape index (κ3) is 3.87. The molecule has 1 saturated heterocycles. The van der Waals surface area contributed by atoms with Crippen LogP contribution in [0, 0.1) is 11.5 Å². The molecule has 2 amide bonds. The number of imide groups is 1. The Morgan fingerprint density at radius 3 is 2.40 bits per heavy atom. The summed E-state index contributed by atoms with van der Waals surface area (Å²) >= 11 is 1.09. The number of carbonyl (C=O) groups excluding carboxylic acids is 2. The first-order valence-electron chi connectivity index (χ1n) is 7.56. The molecule has 0 aromatic heterocycles. The number of rotatable bonds is 3. The van der Waals surface area contributed by atoms with Gasteiger partial charge in [-0.2, -0.15) is 5.26 Å². The first kappa shape index (κ1) is 16.7. The predicted molar refractivity (Wildman–Crippen MR) is 97.2 cm³/mol. The van der Waals surface area contributed by atoms with Crippen molar-refractivity contribution in [3.63, 3.8) is 0 Å². The number of amidine groups is 1. The quantitative estimate of drug-likeness (QED) is 0.302. The Kier molecular flexibility index (Phi) is 5.11. The van der Waals surface area contributed by atoms with Gasteiger partial charge in [0, 0.05) is 6.42 Å². The summed E-state index contributed by atoms with van der Waals surface area (Å²) in [6, 6.07) is 17.9. The monoisotopic (exact) mass is 350 g/mol. The number of carbonyl (C=O) groups is 2. The van der Waals surface area contributed by atoms with Gasteiger partial charge < -0.3 is 0 Å². The Hall–Kier alpha value is -3.11. The third-order valence-electron chi connectivity index (χ3n) is 3.52. The maximum Gasteiger partial charge on any atom is 0.247 e. The largest absolute Gasteiger partial charge is 0.274 e. The van der Waals surface area contributed by atoms with Crippen molar-refractivity contribution in [2.75, 3.05) is 4.90 Å². The number of nitrogens with zero attached hydrogens (tertiary/aromatic N) is 3.